The van der Waals surface area contributed by atoms with Crippen LogP contribution in [-0.2, 0) is 10.0 Å². The fraction of sp³-hybridized carbons (Fsp3) is 0.636. The summed E-state index contributed by atoms with van der Waals surface area (Å²) in [5.41, 5.74) is 6.03. The first-order valence-electron chi connectivity index (χ1n) is 5.81. The highest BCUT2D eigenvalue weighted by Gasteiger charge is 2.24. The van der Waals surface area contributed by atoms with Gasteiger partial charge in [0.2, 0.25) is 10.0 Å². The molecule has 0 radical (unpaired) electrons. The SMILES string of the molecule is CC1CCC(CNS(=O)(=O)c2cc(N)cs2)C1. The van der Waals surface area contributed by atoms with Crippen molar-refractivity contribution in [3.8, 4) is 0 Å². The van der Waals surface area contributed by atoms with Crippen LogP contribution in [0.5, 0.6) is 0 Å². The van der Waals surface area contributed by atoms with E-state index in [1.54, 1.807) is 5.38 Å². The van der Waals surface area contributed by atoms with Crippen LogP contribution in [0.25, 0.3) is 0 Å². The van der Waals surface area contributed by atoms with Crippen molar-refractivity contribution in [2.45, 2.75) is 30.4 Å². The number of sulfonamides is 1. The molecule has 0 aliphatic heterocycles. The molecule has 0 spiro atoms. The van der Waals surface area contributed by atoms with E-state index in [9.17, 15) is 8.42 Å². The Kier molecular flexibility index (Phi) is 3.75. The number of rotatable bonds is 4. The van der Waals surface area contributed by atoms with Crippen molar-refractivity contribution in [2.75, 3.05) is 12.3 Å². The number of nitrogen functional groups attached to an aromatic ring is 1. The highest BCUT2D eigenvalue weighted by molar-refractivity contribution is 7.91. The normalized spacial score (nSPS) is 25.2. The molecule has 2 atom stereocenters. The molecule has 2 rings (SSSR count). The second kappa shape index (κ2) is 4.96. The number of anilines is 1. The molecule has 6 heteroatoms. The summed E-state index contributed by atoms with van der Waals surface area (Å²) in [6, 6.07) is 1.50. The van der Waals surface area contributed by atoms with E-state index in [1.807, 2.05) is 0 Å². The van der Waals surface area contributed by atoms with Crippen molar-refractivity contribution in [3.05, 3.63) is 11.4 Å². The lowest BCUT2D eigenvalue weighted by Gasteiger charge is -2.10. The maximum atomic E-state index is 11.9. The summed E-state index contributed by atoms with van der Waals surface area (Å²) >= 11 is 1.16. The van der Waals surface area contributed by atoms with Crippen LogP contribution in [-0.4, -0.2) is 15.0 Å². The first-order valence-corrected chi connectivity index (χ1v) is 8.17. The summed E-state index contributed by atoms with van der Waals surface area (Å²) in [5, 5.41) is 1.65. The maximum absolute atomic E-state index is 11.9. The minimum atomic E-state index is -3.36. The Hall–Kier alpha value is -0.590. The standard InChI is InChI=1S/C11H18N2O2S2/c1-8-2-3-9(4-8)6-13-17(14,15)11-5-10(12)7-16-11/h5,7-9,13H,2-4,6,12H2,1H3. The van der Waals surface area contributed by atoms with E-state index in [0.29, 0.717) is 22.4 Å². The van der Waals surface area contributed by atoms with Crippen LogP contribution in [0.1, 0.15) is 26.2 Å². The largest absolute Gasteiger partial charge is 0.398 e. The molecule has 1 heterocycles. The third-order valence-electron chi connectivity index (χ3n) is 3.23. The Morgan fingerprint density at radius 1 is 1.53 bits per heavy atom. The molecule has 0 saturated heterocycles. The quantitative estimate of drug-likeness (QED) is 0.882. The number of nitrogens with one attached hydrogen (secondary N) is 1. The first-order chi connectivity index (χ1) is 7.97. The monoisotopic (exact) mass is 274 g/mol. The third kappa shape index (κ3) is 3.20. The molecule has 3 N–H and O–H groups in total. The van der Waals surface area contributed by atoms with E-state index in [-0.39, 0.29) is 0 Å². The molecule has 1 aliphatic carbocycles. The summed E-state index contributed by atoms with van der Waals surface area (Å²) in [6.07, 6.45) is 3.45. The molecule has 0 amide bonds. The van der Waals surface area contributed by atoms with Gasteiger partial charge in [-0.15, -0.1) is 11.3 Å². The minimum Gasteiger partial charge on any atom is -0.398 e. The molecule has 0 bridgehead atoms. The van der Waals surface area contributed by atoms with E-state index in [0.717, 1.165) is 30.1 Å². The predicted molar refractivity (Wildman–Crippen MR) is 70.4 cm³/mol. The van der Waals surface area contributed by atoms with Gasteiger partial charge in [0.15, 0.2) is 0 Å². The third-order valence-corrected chi connectivity index (χ3v) is 6.11. The van der Waals surface area contributed by atoms with Gasteiger partial charge in [-0.25, -0.2) is 13.1 Å². The highest BCUT2D eigenvalue weighted by Crippen LogP contribution is 2.30. The van der Waals surface area contributed by atoms with E-state index in [4.69, 9.17) is 5.73 Å². The Bertz CT molecular complexity index is 481. The van der Waals surface area contributed by atoms with Crippen LogP contribution in [0, 0.1) is 11.8 Å². The van der Waals surface area contributed by atoms with Gasteiger partial charge < -0.3 is 5.73 Å². The molecule has 1 fully saturated rings. The molecular weight excluding hydrogens is 256 g/mol. The fourth-order valence-electron chi connectivity index (χ4n) is 2.28. The van der Waals surface area contributed by atoms with Gasteiger partial charge in [-0.05, 0) is 30.7 Å². The Morgan fingerprint density at radius 3 is 2.82 bits per heavy atom. The topological polar surface area (TPSA) is 72.2 Å². The predicted octanol–water partition coefficient (Wildman–Crippen LogP) is 2.04. The molecule has 1 aromatic rings. The summed E-state index contributed by atoms with van der Waals surface area (Å²) in [6.45, 7) is 2.76. The second-order valence-electron chi connectivity index (χ2n) is 4.84. The summed E-state index contributed by atoms with van der Waals surface area (Å²) < 4.78 is 26.8. The van der Waals surface area contributed by atoms with Gasteiger partial charge in [-0.2, -0.15) is 0 Å². The van der Waals surface area contributed by atoms with Gasteiger partial charge in [0.1, 0.15) is 4.21 Å². The number of hydrogen-bond acceptors (Lipinski definition) is 4. The summed E-state index contributed by atoms with van der Waals surface area (Å²) in [7, 11) is -3.36. The maximum Gasteiger partial charge on any atom is 0.250 e. The van der Waals surface area contributed by atoms with E-state index in [2.05, 4.69) is 11.6 Å². The lowest BCUT2D eigenvalue weighted by atomic mass is 10.1. The van der Waals surface area contributed by atoms with E-state index < -0.39 is 10.0 Å². The lowest BCUT2D eigenvalue weighted by Crippen LogP contribution is -2.28. The van der Waals surface area contributed by atoms with Crippen molar-refractivity contribution < 1.29 is 8.42 Å². The molecule has 96 valence electrons. The highest BCUT2D eigenvalue weighted by atomic mass is 32.2. The Morgan fingerprint density at radius 2 is 2.29 bits per heavy atom. The summed E-state index contributed by atoms with van der Waals surface area (Å²) in [5.74, 6) is 1.21. The van der Waals surface area contributed by atoms with Crippen molar-refractivity contribution in [1.82, 2.24) is 4.72 Å². The minimum absolute atomic E-state index is 0.307. The molecular formula is C11H18N2O2S2. The fourth-order valence-corrected chi connectivity index (χ4v) is 4.52. The van der Waals surface area contributed by atoms with Crippen LogP contribution in [0.15, 0.2) is 15.7 Å². The van der Waals surface area contributed by atoms with Crippen molar-refractivity contribution in [2.24, 2.45) is 11.8 Å². The zero-order chi connectivity index (χ0) is 12.5. The van der Waals surface area contributed by atoms with Crippen LogP contribution >= 0.6 is 11.3 Å². The molecule has 0 aromatic carbocycles. The number of hydrogen-bond donors (Lipinski definition) is 2. The number of thiophene rings is 1. The van der Waals surface area contributed by atoms with Crippen LogP contribution < -0.4 is 10.5 Å². The average Bonchev–Trinajstić information content (AvgIpc) is 2.85. The molecule has 2 unspecified atom stereocenters. The Labute approximate surface area is 106 Å². The van der Waals surface area contributed by atoms with E-state index in [1.165, 1.54) is 12.5 Å². The van der Waals surface area contributed by atoms with Gasteiger partial charge in [0.25, 0.3) is 0 Å². The smallest absolute Gasteiger partial charge is 0.250 e. The van der Waals surface area contributed by atoms with Crippen molar-refractivity contribution >= 4 is 27.0 Å². The zero-order valence-corrected chi connectivity index (χ0v) is 11.5. The molecule has 1 saturated carbocycles. The molecule has 1 aromatic heterocycles. The van der Waals surface area contributed by atoms with Gasteiger partial charge in [0, 0.05) is 17.6 Å². The van der Waals surface area contributed by atoms with Crippen LogP contribution in [0.4, 0.5) is 5.69 Å². The van der Waals surface area contributed by atoms with Gasteiger partial charge in [-0.1, -0.05) is 13.3 Å². The Balaban J connectivity index is 1.94. The van der Waals surface area contributed by atoms with Crippen molar-refractivity contribution in [1.29, 1.82) is 0 Å². The van der Waals surface area contributed by atoms with Gasteiger partial charge in [0.05, 0.1) is 0 Å². The summed E-state index contributed by atoms with van der Waals surface area (Å²) in [4.78, 5) is 0. The van der Waals surface area contributed by atoms with Crippen molar-refractivity contribution in [3.63, 3.8) is 0 Å². The van der Waals surface area contributed by atoms with Crippen LogP contribution in [0.2, 0.25) is 0 Å². The van der Waals surface area contributed by atoms with Gasteiger partial charge in [-0.3, -0.25) is 0 Å². The molecule has 4 nitrogen and oxygen atoms in total. The molecule has 17 heavy (non-hydrogen) atoms. The molecule has 1 aliphatic rings. The zero-order valence-electron chi connectivity index (χ0n) is 9.85. The lowest BCUT2D eigenvalue weighted by molar-refractivity contribution is 0.499. The van der Waals surface area contributed by atoms with Gasteiger partial charge >= 0.3 is 0 Å². The first kappa shape index (κ1) is 12.9. The van der Waals surface area contributed by atoms with Crippen LogP contribution in [0.3, 0.4) is 0 Å². The number of nitrogens with two attached hydrogens (primary N) is 1. The van der Waals surface area contributed by atoms with E-state index >= 15 is 0 Å². The average molecular weight is 274 g/mol. The second-order valence-corrected chi connectivity index (χ2v) is 7.74.